The predicted molar refractivity (Wildman–Crippen MR) is 127 cm³/mol. The summed E-state index contributed by atoms with van der Waals surface area (Å²) in [5.41, 5.74) is 1.83. The number of aryl methyl sites for hydroxylation is 1. The molecule has 0 bridgehead atoms. The Kier molecular flexibility index (Phi) is 8.01. The van der Waals surface area contributed by atoms with Gasteiger partial charge in [0.15, 0.2) is 5.13 Å². The number of carbonyl (C=O) groups excluding carboxylic acids is 2. The van der Waals surface area contributed by atoms with E-state index >= 15 is 0 Å². The van der Waals surface area contributed by atoms with Gasteiger partial charge in [0, 0.05) is 18.3 Å². The van der Waals surface area contributed by atoms with Crippen LogP contribution in [0.15, 0.2) is 34.6 Å². The molecule has 2 aromatic rings. The number of carbonyl (C=O) groups is 2. The number of thioether (sulfide) groups is 1. The van der Waals surface area contributed by atoms with Crippen molar-refractivity contribution in [1.29, 1.82) is 0 Å². The highest BCUT2D eigenvalue weighted by atomic mass is 32.2. The summed E-state index contributed by atoms with van der Waals surface area (Å²) in [4.78, 5) is 31.1. The standard InChI is InChI=1S/C21H23N3O3S3/c1-14-13-29-20(22-14)23-18(25)6-4-3-5-11-24-19(26)17(30-21(24)28)12-15-7-9-16(27-2)10-8-15/h7-10,12-13H,3-6,11H2,1-2H3,(H,22,23,25). The third-order valence-corrected chi connectivity index (χ3v) is 6.69. The van der Waals surface area contributed by atoms with Crippen LogP contribution in [0, 0.1) is 6.92 Å². The smallest absolute Gasteiger partial charge is 0.266 e. The van der Waals surface area contributed by atoms with Crippen molar-refractivity contribution >= 4 is 62.7 Å². The summed E-state index contributed by atoms with van der Waals surface area (Å²) in [6.45, 7) is 2.46. The summed E-state index contributed by atoms with van der Waals surface area (Å²) in [5, 5.41) is 5.35. The Morgan fingerprint density at radius 3 is 2.70 bits per heavy atom. The molecule has 2 amide bonds. The van der Waals surface area contributed by atoms with Gasteiger partial charge in [0.25, 0.3) is 5.91 Å². The molecule has 2 heterocycles. The van der Waals surface area contributed by atoms with Crippen molar-refractivity contribution in [3.05, 3.63) is 45.8 Å². The van der Waals surface area contributed by atoms with Crippen LogP contribution in [0.5, 0.6) is 5.75 Å². The van der Waals surface area contributed by atoms with E-state index in [0.717, 1.165) is 36.3 Å². The van der Waals surface area contributed by atoms with Gasteiger partial charge in [-0.15, -0.1) is 11.3 Å². The molecule has 1 fully saturated rings. The van der Waals surface area contributed by atoms with Gasteiger partial charge < -0.3 is 10.1 Å². The number of ether oxygens (including phenoxy) is 1. The van der Waals surface area contributed by atoms with Crippen LogP contribution in [-0.2, 0) is 9.59 Å². The van der Waals surface area contributed by atoms with E-state index in [2.05, 4.69) is 10.3 Å². The molecule has 0 atom stereocenters. The molecular weight excluding hydrogens is 438 g/mol. The number of thiazole rings is 1. The SMILES string of the molecule is COc1ccc(C=C2SC(=S)N(CCCCCC(=O)Nc3nc(C)cs3)C2=O)cc1. The van der Waals surface area contributed by atoms with E-state index in [1.165, 1.54) is 23.1 Å². The molecule has 30 heavy (non-hydrogen) atoms. The van der Waals surface area contributed by atoms with Crippen LogP contribution >= 0.6 is 35.3 Å². The minimum Gasteiger partial charge on any atom is -0.497 e. The largest absolute Gasteiger partial charge is 0.497 e. The second kappa shape index (κ2) is 10.7. The van der Waals surface area contributed by atoms with Gasteiger partial charge in [-0.25, -0.2) is 4.98 Å². The van der Waals surface area contributed by atoms with Crippen LogP contribution in [0.25, 0.3) is 6.08 Å². The van der Waals surface area contributed by atoms with Gasteiger partial charge in [-0.3, -0.25) is 14.5 Å². The first-order chi connectivity index (χ1) is 14.5. The molecule has 1 aliphatic rings. The van der Waals surface area contributed by atoms with Crippen molar-refractivity contribution in [2.45, 2.75) is 32.6 Å². The Hall–Kier alpha value is -2.23. The zero-order valence-corrected chi connectivity index (χ0v) is 19.3. The number of nitrogens with one attached hydrogen (secondary N) is 1. The van der Waals surface area contributed by atoms with Crippen LogP contribution in [0.4, 0.5) is 5.13 Å². The van der Waals surface area contributed by atoms with Crippen molar-refractivity contribution in [2.75, 3.05) is 19.0 Å². The van der Waals surface area contributed by atoms with E-state index in [4.69, 9.17) is 17.0 Å². The Bertz CT molecular complexity index is 954. The Morgan fingerprint density at radius 1 is 1.27 bits per heavy atom. The van der Waals surface area contributed by atoms with Crippen LogP contribution in [0.2, 0.25) is 0 Å². The van der Waals surface area contributed by atoms with Crippen LogP contribution in [0.1, 0.15) is 36.9 Å². The number of unbranched alkanes of at least 4 members (excludes halogenated alkanes) is 2. The van der Waals surface area contributed by atoms with Gasteiger partial charge >= 0.3 is 0 Å². The van der Waals surface area contributed by atoms with Crippen molar-refractivity contribution in [3.63, 3.8) is 0 Å². The van der Waals surface area contributed by atoms with E-state index in [9.17, 15) is 9.59 Å². The number of hydrogen-bond acceptors (Lipinski definition) is 7. The molecule has 6 nitrogen and oxygen atoms in total. The summed E-state index contributed by atoms with van der Waals surface area (Å²) in [6, 6.07) is 7.53. The lowest BCUT2D eigenvalue weighted by atomic mass is 10.1. The molecule has 0 radical (unpaired) electrons. The maximum absolute atomic E-state index is 12.7. The molecule has 1 aliphatic heterocycles. The van der Waals surface area contributed by atoms with Crippen molar-refractivity contribution in [1.82, 2.24) is 9.88 Å². The van der Waals surface area contributed by atoms with Gasteiger partial charge in [0.1, 0.15) is 10.1 Å². The first kappa shape index (κ1) is 22.5. The molecule has 1 aromatic carbocycles. The molecule has 1 saturated heterocycles. The third kappa shape index (κ3) is 6.13. The Labute approximate surface area is 189 Å². The average molecular weight is 462 g/mol. The topological polar surface area (TPSA) is 71.5 Å². The number of anilines is 1. The normalized spacial score (nSPS) is 15.1. The fourth-order valence-electron chi connectivity index (χ4n) is 2.87. The van der Waals surface area contributed by atoms with Gasteiger partial charge in [-0.05, 0) is 43.5 Å². The quantitative estimate of drug-likeness (QED) is 0.327. The number of hydrogen-bond donors (Lipinski definition) is 1. The van der Waals surface area contributed by atoms with Gasteiger partial charge in [0.05, 0.1) is 17.7 Å². The lowest BCUT2D eigenvalue weighted by Gasteiger charge is -2.14. The molecule has 1 aromatic heterocycles. The average Bonchev–Trinajstić information content (AvgIpc) is 3.25. The van der Waals surface area contributed by atoms with Crippen LogP contribution < -0.4 is 10.1 Å². The first-order valence-corrected chi connectivity index (χ1v) is 11.7. The van der Waals surface area contributed by atoms with Gasteiger partial charge in [-0.1, -0.05) is 42.5 Å². The molecule has 0 aliphatic carbocycles. The highest BCUT2D eigenvalue weighted by Crippen LogP contribution is 2.33. The zero-order valence-electron chi connectivity index (χ0n) is 16.8. The highest BCUT2D eigenvalue weighted by molar-refractivity contribution is 8.26. The molecule has 3 rings (SSSR count). The van der Waals surface area contributed by atoms with Gasteiger partial charge in [0.2, 0.25) is 5.91 Å². The third-order valence-electron chi connectivity index (χ3n) is 4.44. The number of aromatic nitrogens is 1. The zero-order chi connectivity index (χ0) is 21.5. The fourth-order valence-corrected chi connectivity index (χ4v) is 4.88. The lowest BCUT2D eigenvalue weighted by Crippen LogP contribution is -2.29. The number of benzene rings is 1. The molecule has 0 spiro atoms. The number of methoxy groups -OCH3 is 1. The number of amides is 2. The molecule has 9 heteroatoms. The fraction of sp³-hybridized carbons (Fsp3) is 0.333. The molecule has 1 N–H and O–H groups in total. The maximum Gasteiger partial charge on any atom is 0.266 e. The Balaban J connectivity index is 1.42. The number of rotatable bonds is 9. The first-order valence-electron chi connectivity index (χ1n) is 9.57. The minimum atomic E-state index is -0.0577. The van der Waals surface area contributed by atoms with Crippen LogP contribution in [-0.4, -0.2) is 39.7 Å². The summed E-state index contributed by atoms with van der Waals surface area (Å²) >= 11 is 8.13. The number of nitrogens with zero attached hydrogens (tertiary/aromatic N) is 2. The van der Waals surface area contributed by atoms with E-state index in [1.807, 2.05) is 42.6 Å². The minimum absolute atomic E-state index is 0.0302. The summed E-state index contributed by atoms with van der Waals surface area (Å²) < 4.78 is 5.73. The predicted octanol–water partition coefficient (Wildman–Crippen LogP) is 4.86. The molecule has 158 valence electrons. The van der Waals surface area contributed by atoms with E-state index in [1.54, 1.807) is 12.0 Å². The van der Waals surface area contributed by atoms with Gasteiger partial charge in [-0.2, -0.15) is 0 Å². The Morgan fingerprint density at radius 2 is 2.03 bits per heavy atom. The summed E-state index contributed by atoms with van der Waals surface area (Å²) in [5.74, 6) is 0.685. The van der Waals surface area contributed by atoms with E-state index in [-0.39, 0.29) is 11.8 Å². The molecule has 0 saturated carbocycles. The van der Waals surface area contributed by atoms with Crippen molar-refractivity contribution < 1.29 is 14.3 Å². The maximum atomic E-state index is 12.7. The molecule has 0 unspecified atom stereocenters. The van der Waals surface area contributed by atoms with E-state index in [0.29, 0.717) is 27.3 Å². The number of thiocarbonyl (C=S) groups is 1. The molecular formula is C21H23N3O3S3. The van der Waals surface area contributed by atoms with E-state index < -0.39 is 0 Å². The summed E-state index contributed by atoms with van der Waals surface area (Å²) in [6.07, 6.45) is 4.69. The summed E-state index contributed by atoms with van der Waals surface area (Å²) in [7, 11) is 1.62. The second-order valence-corrected chi connectivity index (χ2v) is 9.29. The highest BCUT2D eigenvalue weighted by Gasteiger charge is 2.31. The second-order valence-electron chi connectivity index (χ2n) is 6.76. The lowest BCUT2D eigenvalue weighted by molar-refractivity contribution is -0.122. The van der Waals surface area contributed by atoms with Crippen molar-refractivity contribution in [2.24, 2.45) is 0 Å². The van der Waals surface area contributed by atoms with Crippen LogP contribution in [0.3, 0.4) is 0 Å². The monoisotopic (exact) mass is 461 g/mol. The van der Waals surface area contributed by atoms with Crippen molar-refractivity contribution in [3.8, 4) is 5.75 Å².